The molecule has 1 amide bonds. The second-order valence-corrected chi connectivity index (χ2v) is 5.73. The summed E-state index contributed by atoms with van der Waals surface area (Å²) < 4.78 is 1.53. The number of hydrogen-bond acceptors (Lipinski definition) is 2. The second kappa shape index (κ2) is 5.75. The van der Waals surface area contributed by atoms with Crippen LogP contribution in [0.5, 0.6) is 0 Å². The van der Waals surface area contributed by atoms with Crippen molar-refractivity contribution < 1.29 is 4.79 Å². The van der Waals surface area contributed by atoms with Crippen molar-refractivity contribution in [2.24, 2.45) is 0 Å². The van der Waals surface area contributed by atoms with Gasteiger partial charge in [0.15, 0.2) is 0 Å². The molecule has 3 nitrogen and oxygen atoms in total. The molecule has 0 aliphatic rings. The zero-order valence-electron chi connectivity index (χ0n) is 10.2. The van der Waals surface area contributed by atoms with Gasteiger partial charge in [-0.15, -0.1) is 0 Å². The number of nitrogen functional groups attached to an aromatic ring is 1. The van der Waals surface area contributed by atoms with Gasteiger partial charge < -0.3 is 11.1 Å². The lowest BCUT2D eigenvalue weighted by Crippen LogP contribution is -2.13. The molecule has 0 bridgehead atoms. The van der Waals surface area contributed by atoms with Crippen LogP contribution in [0.3, 0.4) is 0 Å². The Morgan fingerprint density at radius 2 is 1.84 bits per heavy atom. The van der Waals surface area contributed by atoms with Gasteiger partial charge in [-0.05, 0) is 62.5 Å². The van der Waals surface area contributed by atoms with Crippen molar-refractivity contribution in [3.63, 3.8) is 0 Å². The SMILES string of the molecule is Cc1c(NC(=O)c2ccccc2)cc(Br)c(N)c1Br. The van der Waals surface area contributed by atoms with Gasteiger partial charge in [-0.3, -0.25) is 4.79 Å². The van der Waals surface area contributed by atoms with Crippen LogP contribution in [0.25, 0.3) is 0 Å². The molecule has 0 spiro atoms. The molecule has 2 aromatic rings. The zero-order valence-corrected chi connectivity index (χ0v) is 13.4. The summed E-state index contributed by atoms with van der Waals surface area (Å²) in [7, 11) is 0. The molecule has 0 aliphatic carbocycles. The Hall–Kier alpha value is -1.33. The first kappa shape index (κ1) is 14.1. The van der Waals surface area contributed by atoms with Crippen molar-refractivity contribution in [2.45, 2.75) is 6.92 Å². The zero-order chi connectivity index (χ0) is 14.0. The first-order valence-electron chi connectivity index (χ1n) is 5.61. The highest BCUT2D eigenvalue weighted by molar-refractivity contribution is 9.11. The van der Waals surface area contributed by atoms with E-state index in [1.165, 1.54) is 0 Å². The lowest BCUT2D eigenvalue weighted by Gasteiger charge is -2.13. The fraction of sp³-hybridized carbons (Fsp3) is 0.0714. The van der Waals surface area contributed by atoms with Crippen molar-refractivity contribution in [1.82, 2.24) is 0 Å². The number of nitrogens with two attached hydrogens (primary N) is 1. The molecule has 0 saturated heterocycles. The largest absolute Gasteiger partial charge is 0.397 e. The minimum Gasteiger partial charge on any atom is -0.397 e. The third-order valence-corrected chi connectivity index (χ3v) is 4.46. The van der Waals surface area contributed by atoms with E-state index in [9.17, 15) is 4.79 Å². The highest BCUT2D eigenvalue weighted by Crippen LogP contribution is 2.36. The van der Waals surface area contributed by atoms with E-state index in [0.29, 0.717) is 11.3 Å². The minimum atomic E-state index is -0.146. The van der Waals surface area contributed by atoms with Crippen LogP contribution in [-0.4, -0.2) is 5.91 Å². The molecule has 2 rings (SSSR count). The fourth-order valence-corrected chi connectivity index (χ4v) is 2.77. The Kier molecular flexibility index (Phi) is 4.27. The fourth-order valence-electron chi connectivity index (χ4n) is 1.65. The molecule has 0 aromatic heterocycles. The Bertz CT molecular complexity index is 627. The van der Waals surface area contributed by atoms with E-state index in [1.54, 1.807) is 18.2 Å². The van der Waals surface area contributed by atoms with E-state index in [0.717, 1.165) is 20.2 Å². The van der Waals surface area contributed by atoms with Crippen LogP contribution in [0, 0.1) is 6.92 Å². The summed E-state index contributed by atoms with van der Waals surface area (Å²) in [4.78, 5) is 12.1. The van der Waals surface area contributed by atoms with Gasteiger partial charge in [-0.25, -0.2) is 0 Å². The molecule has 0 saturated carbocycles. The lowest BCUT2D eigenvalue weighted by atomic mass is 10.1. The maximum absolute atomic E-state index is 12.1. The third kappa shape index (κ3) is 2.98. The molecule has 0 fully saturated rings. The minimum absolute atomic E-state index is 0.146. The average Bonchev–Trinajstić information content (AvgIpc) is 2.43. The first-order valence-corrected chi connectivity index (χ1v) is 7.19. The molecular formula is C14H12Br2N2O. The van der Waals surface area contributed by atoms with Crippen LogP contribution in [0.4, 0.5) is 11.4 Å². The summed E-state index contributed by atoms with van der Waals surface area (Å²) in [6, 6.07) is 10.9. The predicted molar refractivity (Wildman–Crippen MR) is 85.4 cm³/mol. The molecule has 19 heavy (non-hydrogen) atoms. The number of carbonyl (C=O) groups excluding carboxylic acids is 1. The number of carbonyl (C=O) groups is 1. The number of rotatable bonds is 2. The predicted octanol–water partition coefficient (Wildman–Crippen LogP) is 4.35. The molecule has 0 unspecified atom stereocenters. The highest BCUT2D eigenvalue weighted by Gasteiger charge is 2.13. The van der Waals surface area contributed by atoms with Crippen LogP contribution < -0.4 is 11.1 Å². The molecule has 0 radical (unpaired) electrons. The van der Waals surface area contributed by atoms with E-state index < -0.39 is 0 Å². The topological polar surface area (TPSA) is 55.1 Å². The van der Waals surface area contributed by atoms with Crippen LogP contribution in [-0.2, 0) is 0 Å². The van der Waals surface area contributed by atoms with Crippen LogP contribution >= 0.6 is 31.9 Å². The third-order valence-electron chi connectivity index (χ3n) is 2.78. The van der Waals surface area contributed by atoms with Gasteiger partial charge in [0.05, 0.1) is 5.69 Å². The highest BCUT2D eigenvalue weighted by atomic mass is 79.9. The van der Waals surface area contributed by atoms with E-state index in [2.05, 4.69) is 37.2 Å². The normalized spacial score (nSPS) is 10.3. The molecule has 0 heterocycles. The molecule has 2 aromatic carbocycles. The number of anilines is 2. The monoisotopic (exact) mass is 382 g/mol. The van der Waals surface area contributed by atoms with Gasteiger partial charge in [-0.2, -0.15) is 0 Å². The summed E-state index contributed by atoms with van der Waals surface area (Å²) in [6.07, 6.45) is 0. The van der Waals surface area contributed by atoms with Crippen molar-refractivity contribution in [1.29, 1.82) is 0 Å². The summed E-state index contributed by atoms with van der Waals surface area (Å²) in [6.45, 7) is 1.90. The van der Waals surface area contributed by atoms with E-state index >= 15 is 0 Å². The van der Waals surface area contributed by atoms with Gasteiger partial charge in [0.2, 0.25) is 0 Å². The van der Waals surface area contributed by atoms with Crippen LogP contribution in [0.15, 0.2) is 45.3 Å². The maximum atomic E-state index is 12.1. The average molecular weight is 384 g/mol. The second-order valence-electron chi connectivity index (χ2n) is 4.08. The molecule has 3 N–H and O–H groups in total. The number of nitrogens with one attached hydrogen (secondary N) is 1. The summed E-state index contributed by atoms with van der Waals surface area (Å²) in [5.74, 6) is -0.146. The molecule has 0 atom stereocenters. The Labute approximate surface area is 128 Å². The Morgan fingerprint density at radius 1 is 1.21 bits per heavy atom. The quantitative estimate of drug-likeness (QED) is 0.757. The molecule has 98 valence electrons. The number of halogens is 2. The Balaban J connectivity index is 2.32. The molecule has 0 aliphatic heterocycles. The van der Waals surface area contributed by atoms with Crippen LogP contribution in [0.1, 0.15) is 15.9 Å². The van der Waals surface area contributed by atoms with Gasteiger partial charge in [0, 0.05) is 20.2 Å². The van der Waals surface area contributed by atoms with Crippen molar-refractivity contribution in [2.75, 3.05) is 11.1 Å². The summed E-state index contributed by atoms with van der Waals surface area (Å²) in [5, 5.41) is 2.88. The summed E-state index contributed by atoms with van der Waals surface area (Å²) >= 11 is 6.79. The van der Waals surface area contributed by atoms with E-state index in [-0.39, 0.29) is 5.91 Å². The van der Waals surface area contributed by atoms with Crippen molar-refractivity contribution in [3.05, 3.63) is 56.5 Å². The van der Waals surface area contributed by atoms with Crippen molar-refractivity contribution >= 4 is 49.1 Å². The van der Waals surface area contributed by atoms with Gasteiger partial charge in [-0.1, -0.05) is 18.2 Å². The van der Waals surface area contributed by atoms with Crippen LogP contribution in [0.2, 0.25) is 0 Å². The van der Waals surface area contributed by atoms with Crippen molar-refractivity contribution in [3.8, 4) is 0 Å². The first-order chi connectivity index (χ1) is 9.00. The standard InChI is InChI=1S/C14H12Br2N2O/c1-8-11(7-10(15)13(17)12(8)16)18-14(19)9-5-3-2-4-6-9/h2-7H,17H2,1H3,(H,18,19). The maximum Gasteiger partial charge on any atom is 0.255 e. The molecule has 5 heteroatoms. The van der Waals surface area contributed by atoms with Gasteiger partial charge >= 0.3 is 0 Å². The van der Waals surface area contributed by atoms with Gasteiger partial charge in [0.1, 0.15) is 0 Å². The molecular weight excluding hydrogens is 372 g/mol. The number of amides is 1. The van der Waals surface area contributed by atoms with E-state index in [1.807, 2.05) is 25.1 Å². The van der Waals surface area contributed by atoms with Gasteiger partial charge in [0.25, 0.3) is 5.91 Å². The number of benzene rings is 2. The lowest BCUT2D eigenvalue weighted by molar-refractivity contribution is 0.102. The summed E-state index contributed by atoms with van der Waals surface area (Å²) in [5.41, 5.74) is 8.74. The number of hydrogen-bond donors (Lipinski definition) is 2. The Morgan fingerprint density at radius 3 is 2.47 bits per heavy atom. The smallest absolute Gasteiger partial charge is 0.255 e. The van der Waals surface area contributed by atoms with E-state index in [4.69, 9.17) is 5.73 Å².